The average Bonchev–Trinajstić information content (AvgIpc) is 3.17. The van der Waals surface area contributed by atoms with Crippen LogP contribution < -0.4 is 11.3 Å². The number of piperidine rings is 2. The first-order valence-electron chi connectivity index (χ1n) is 11.6. The number of rotatable bonds is 3. The van der Waals surface area contributed by atoms with Gasteiger partial charge in [0.05, 0.1) is 0 Å². The van der Waals surface area contributed by atoms with Crippen LogP contribution in [-0.2, 0) is 17.9 Å². The van der Waals surface area contributed by atoms with E-state index in [4.69, 9.17) is 5.73 Å². The molecule has 1 aromatic rings. The molecule has 3 aliphatic heterocycles. The molecule has 4 atom stereocenters. The lowest BCUT2D eigenvalue weighted by Gasteiger charge is -2.43. The molecular formula is C23H34N4O2. The van der Waals surface area contributed by atoms with Crippen molar-refractivity contribution < 1.29 is 4.79 Å². The summed E-state index contributed by atoms with van der Waals surface area (Å²) in [5.41, 5.74) is 8.30. The molecular weight excluding hydrogens is 364 g/mol. The fraction of sp³-hybridized carbons (Fsp3) is 0.739. The van der Waals surface area contributed by atoms with E-state index in [1.54, 1.807) is 0 Å². The summed E-state index contributed by atoms with van der Waals surface area (Å²) >= 11 is 0. The Morgan fingerprint density at radius 2 is 1.86 bits per heavy atom. The van der Waals surface area contributed by atoms with Crippen LogP contribution in [0, 0.1) is 11.8 Å². The molecule has 2 saturated heterocycles. The fourth-order valence-electron chi connectivity index (χ4n) is 6.15. The van der Waals surface area contributed by atoms with Gasteiger partial charge in [-0.1, -0.05) is 12.5 Å². The molecule has 1 aliphatic carbocycles. The predicted molar refractivity (Wildman–Crippen MR) is 113 cm³/mol. The first-order chi connectivity index (χ1) is 14.1. The highest BCUT2D eigenvalue weighted by Crippen LogP contribution is 2.37. The van der Waals surface area contributed by atoms with Crippen molar-refractivity contribution in [2.45, 2.75) is 70.0 Å². The van der Waals surface area contributed by atoms with E-state index in [0.717, 1.165) is 76.2 Å². The molecule has 3 fully saturated rings. The minimum Gasteiger partial charge on any atom is -0.341 e. The number of nitrogens with two attached hydrogens (primary N) is 1. The highest BCUT2D eigenvalue weighted by Gasteiger charge is 2.39. The summed E-state index contributed by atoms with van der Waals surface area (Å²) in [6.45, 7) is 5.30. The number of pyridine rings is 1. The average molecular weight is 399 g/mol. The van der Waals surface area contributed by atoms with Crippen molar-refractivity contribution in [2.75, 3.05) is 26.2 Å². The molecule has 0 unspecified atom stereocenters. The van der Waals surface area contributed by atoms with Crippen LogP contribution in [0.25, 0.3) is 0 Å². The van der Waals surface area contributed by atoms with Crippen LogP contribution in [0.2, 0.25) is 0 Å². The van der Waals surface area contributed by atoms with Crippen LogP contribution in [0.15, 0.2) is 16.9 Å². The first kappa shape index (κ1) is 19.3. The molecule has 6 heteroatoms. The van der Waals surface area contributed by atoms with Gasteiger partial charge in [-0.25, -0.2) is 0 Å². The second-order valence-electron chi connectivity index (χ2n) is 9.85. The van der Waals surface area contributed by atoms with Crippen molar-refractivity contribution in [1.29, 1.82) is 0 Å². The third-order valence-corrected chi connectivity index (χ3v) is 7.66. The molecule has 1 amide bonds. The van der Waals surface area contributed by atoms with Gasteiger partial charge < -0.3 is 15.2 Å². The van der Waals surface area contributed by atoms with E-state index in [1.807, 2.05) is 4.57 Å². The van der Waals surface area contributed by atoms with Gasteiger partial charge in [0.25, 0.3) is 5.56 Å². The summed E-state index contributed by atoms with van der Waals surface area (Å²) in [6, 6.07) is 4.41. The molecule has 0 radical (unpaired) electrons. The van der Waals surface area contributed by atoms with Gasteiger partial charge in [-0.15, -0.1) is 0 Å². The van der Waals surface area contributed by atoms with Gasteiger partial charge in [0.2, 0.25) is 5.91 Å². The van der Waals surface area contributed by atoms with Crippen molar-refractivity contribution in [1.82, 2.24) is 14.4 Å². The summed E-state index contributed by atoms with van der Waals surface area (Å²) < 4.78 is 2.03. The molecule has 0 aromatic carbocycles. The van der Waals surface area contributed by atoms with Gasteiger partial charge in [-0.3, -0.25) is 14.5 Å². The summed E-state index contributed by atoms with van der Waals surface area (Å²) in [6.07, 6.45) is 7.62. The SMILES string of the molecule is N[C@H]1CC[C@@H](C(=O)N2C[C@@H]3C[C@H](C2)c2ccc(CN4CCCCC4)c(=O)n2C3)C1. The second kappa shape index (κ2) is 7.88. The number of likely N-dealkylation sites (tertiary alicyclic amines) is 2. The fourth-order valence-corrected chi connectivity index (χ4v) is 6.15. The zero-order chi connectivity index (χ0) is 20.0. The Morgan fingerprint density at radius 1 is 1.03 bits per heavy atom. The van der Waals surface area contributed by atoms with E-state index in [2.05, 4.69) is 21.9 Å². The first-order valence-corrected chi connectivity index (χ1v) is 11.6. The quantitative estimate of drug-likeness (QED) is 0.844. The molecule has 5 rings (SSSR count). The second-order valence-corrected chi connectivity index (χ2v) is 9.85. The minimum atomic E-state index is 0.109. The Bertz CT molecular complexity index is 829. The molecule has 0 spiro atoms. The lowest BCUT2D eigenvalue weighted by Crippen LogP contribution is -2.50. The molecule has 4 aliphatic rings. The highest BCUT2D eigenvalue weighted by atomic mass is 16.2. The highest BCUT2D eigenvalue weighted by molar-refractivity contribution is 5.79. The van der Waals surface area contributed by atoms with Crippen LogP contribution in [0.5, 0.6) is 0 Å². The van der Waals surface area contributed by atoms with Gasteiger partial charge in [0.15, 0.2) is 0 Å². The topological polar surface area (TPSA) is 71.6 Å². The van der Waals surface area contributed by atoms with E-state index < -0.39 is 0 Å². The van der Waals surface area contributed by atoms with Crippen molar-refractivity contribution in [3.8, 4) is 0 Å². The lowest BCUT2D eigenvalue weighted by molar-refractivity contribution is -0.138. The Labute approximate surface area is 173 Å². The number of carbonyl (C=O) groups is 1. The van der Waals surface area contributed by atoms with Crippen LogP contribution in [0.3, 0.4) is 0 Å². The summed E-state index contributed by atoms with van der Waals surface area (Å²) in [5.74, 6) is 1.09. The van der Waals surface area contributed by atoms with Crippen LogP contribution in [0.1, 0.15) is 62.1 Å². The standard InChI is InChI=1S/C23H34N4O2/c24-20-6-4-17(11-20)22(28)26-12-16-10-19(15-26)21-7-5-18(23(29)27(21)13-16)14-25-8-2-1-3-9-25/h5,7,16-17,19-20H,1-4,6,8-15,24H2/t16-,17+,19+,20-/m0/s1. The van der Waals surface area contributed by atoms with E-state index in [9.17, 15) is 9.59 Å². The summed E-state index contributed by atoms with van der Waals surface area (Å²) in [5, 5.41) is 0. The molecule has 29 heavy (non-hydrogen) atoms. The van der Waals surface area contributed by atoms with Gasteiger partial charge in [-0.2, -0.15) is 0 Å². The number of carbonyl (C=O) groups excluding carboxylic acids is 1. The van der Waals surface area contributed by atoms with E-state index in [-0.39, 0.29) is 17.5 Å². The van der Waals surface area contributed by atoms with Crippen LogP contribution in [-0.4, -0.2) is 52.5 Å². The molecule has 2 bridgehead atoms. The van der Waals surface area contributed by atoms with Gasteiger partial charge in [0, 0.05) is 55.3 Å². The number of amides is 1. The molecule has 1 aromatic heterocycles. The summed E-state index contributed by atoms with van der Waals surface area (Å²) in [7, 11) is 0. The number of aromatic nitrogens is 1. The maximum absolute atomic E-state index is 13.2. The third-order valence-electron chi connectivity index (χ3n) is 7.66. The molecule has 6 nitrogen and oxygen atoms in total. The van der Waals surface area contributed by atoms with Gasteiger partial charge in [0.1, 0.15) is 0 Å². The summed E-state index contributed by atoms with van der Waals surface area (Å²) in [4.78, 5) is 30.7. The lowest BCUT2D eigenvalue weighted by atomic mass is 9.82. The maximum Gasteiger partial charge on any atom is 0.255 e. The van der Waals surface area contributed by atoms with Gasteiger partial charge in [-0.05, 0) is 63.6 Å². The molecule has 2 N–H and O–H groups in total. The van der Waals surface area contributed by atoms with Crippen molar-refractivity contribution in [3.05, 3.63) is 33.7 Å². The number of hydrogen-bond donors (Lipinski definition) is 1. The van der Waals surface area contributed by atoms with E-state index in [0.29, 0.717) is 17.7 Å². The largest absolute Gasteiger partial charge is 0.341 e. The van der Waals surface area contributed by atoms with Crippen LogP contribution in [0.4, 0.5) is 0 Å². The van der Waals surface area contributed by atoms with Crippen molar-refractivity contribution >= 4 is 5.91 Å². The van der Waals surface area contributed by atoms with E-state index in [1.165, 1.54) is 19.3 Å². The minimum absolute atomic E-state index is 0.109. The number of fused-ring (bicyclic) bond motifs is 4. The monoisotopic (exact) mass is 398 g/mol. The predicted octanol–water partition coefficient (Wildman–Crippen LogP) is 1.91. The van der Waals surface area contributed by atoms with Crippen molar-refractivity contribution in [3.63, 3.8) is 0 Å². The normalized spacial score (nSPS) is 32.2. The van der Waals surface area contributed by atoms with Crippen molar-refractivity contribution in [2.24, 2.45) is 17.6 Å². The maximum atomic E-state index is 13.2. The molecule has 4 heterocycles. The molecule has 158 valence electrons. The zero-order valence-corrected chi connectivity index (χ0v) is 17.4. The Morgan fingerprint density at radius 3 is 2.62 bits per heavy atom. The third kappa shape index (κ3) is 3.77. The Balaban J connectivity index is 1.33. The smallest absolute Gasteiger partial charge is 0.255 e. The van der Waals surface area contributed by atoms with E-state index >= 15 is 0 Å². The number of nitrogens with zero attached hydrogens (tertiary/aromatic N) is 3. The Kier molecular flexibility index (Phi) is 5.25. The Hall–Kier alpha value is -1.66. The zero-order valence-electron chi connectivity index (χ0n) is 17.4. The van der Waals surface area contributed by atoms with Crippen LogP contribution >= 0.6 is 0 Å². The molecule has 1 saturated carbocycles. The number of hydrogen-bond acceptors (Lipinski definition) is 4. The van der Waals surface area contributed by atoms with Gasteiger partial charge >= 0.3 is 0 Å².